The van der Waals surface area contributed by atoms with E-state index in [1.165, 1.54) is 18.4 Å². The molecule has 0 unspecified atom stereocenters. The molecule has 72 valence electrons. The molecule has 0 saturated heterocycles. The minimum atomic E-state index is 0.553. The van der Waals surface area contributed by atoms with Gasteiger partial charge in [0.25, 0.3) is 0 Å². The van der Waals surface area contributed by atoms with Gasteiger partial charge in [0.15, 0.2) is 5.65 Å². The van der Waals surface area contributed by atoms with Gasteiger partial charge in [-0.05, 0) is 31.7 Å². The summed E-state index contributed by atoms with van der Waals surface area (Å²) in [6, 6.07) is 1.95. The Balaban J connectivity index is 2.33. The molecule has 1 aliphatic carbocycles. The van der Waals surface area contributed by atoms with Crippen LogP contribution in [0.25, 0.3) is 5.65 Å². The van der Waals surface area contributed by atoms with Gasteiger partial charge in [-0.2, -0.15) is 5.10 Å². The van der Waals surface area contributed by atoms with E-state index in [-0.39, 0.29) is 0 Å². The number of rotatable bonds is 1. The number of imidazole rings is 1. The molecule has 3 rings (SSSR count). The number of nitrogens with zero attached hydrogens (tertiary/aromatic N) is 3. The van der Waals surface area contributed by atoms with E-state index in [0.717, 1.165) is 11.3 Å². The van der Waals surface area contributed by atoms with Crippen LogP contribution >= 0.6 is 11.6 Å². The molecule has 2 aromatic heterocycles. The number of hydrogen-bond donors (Lipinski definition) is 0. The molecule has 2 heterocycles. The molecule has 0 aliphatic heterocycles. The first-order chi connectivity index (χ1) is 6.74. The Morgan fingerprint density at radius 1 is 1.50 bits per heavy atom. The lowest BCUT2D eigenvalue weighted by molar-refractivity contribution is 0.913. The van der Waals surface area contributed by atoms with Gasteiger partial charge in [0, 0.05) is 5.56 Å². The van der Waals surface area contributed by atoms with Crippen molar-refractivity contribution in [3.8, 4) is 0 Å². The molecule has 0 atom stereocenters. The van der Waals surface area contributed by atoms with Crippen molar-refractivity contribution in [2.45, 2.75) is 25.7 Å². The standard InChI is InChI=1S/C10H10ClN3/c1-6-5-14-10(12-6)8(7-2-3-7)4-9(11)13-14/h4-5,7H,2-3H2,1H3. The predicted molar refractivity (Wildman–Crippen MR) is 54.7 cm³/mol. The molecule has 0 bridgehead atoms. The van der Waals surface area contributed by atoms with Crippen molar-refractivity contribution in [1.82, 2.24) is 14.6 Å². The van der Waals surface area contributed by atoms with Crippen LogP contribution in [-0.2, 0) is 0 Å². The Morgan fingerprint density at radius 3 is 3.00 bits per heavy atom. The second-order valence-electron chi connectivity index (χ2n) is 3.85. The number of aryl methyl sites for hydroxylation is 1. The molecule has 1 aliphatic rings. The van der Waals surface area contributed by atoms with E-state index in [1.807, 2.05) is 19.2 Å². The average molecular weight is 208 g/mol. The third kappa shape index (κ3) is 1.20. The van der Waals surface area contributed by atoms with Gasteiger partial charge in [0.05, 0.1) is 11.9 Å². The maximum atomic E-state index is 5.95. The minimum Gasteiger partial charge on any atom is -0.232 e. The molecule has 14 heavy (non-hydrogen) atoms. The van der Waals surface area contributed by atoms with Crippen LogP contribution in [0.15, 0.2) is 12.3 Å². The smallest absolute Gasteiger partial charge is 0.157 e. The minimum absolute atomic E-state index is 0.553. The third-order valence-corrected chi connectivity index (χ3v) is 2.75. The van der Waals surface area contributed by atoms with Gasteiger partial charge in [-0.15, -0.1) is 0 Å². The molecule has 0 amide bonds. The van der Waals surface area contributed by atoms with Gasteiger partial charge in [0.1, 0.15) is 5.15 Å². The van der Waals surface area contributed by atoms with E-state index < -0.39 is 0 Å². The van der Waals surface area contributed by atoms with Gasteiger partial charge in [-0.25, -0.2) is 9.50 Å². The molecule has 0 N–H and O–H groups in total. The maximum absolute atomic E-state index is 5.95. The highest BCUT2D eigenvalue weighted by Crippen LogP contribution is 2.42. The van der Waals surface area contributed by atoms with E-state index in [4.69, 9.17) is 11.6 Å². The van der Waals surface area contributed by atoms with Crippen LogP contribution in [0.2, 0.25) is 5.15 Å². The number of fused-ring (bicyclic) bond motifs is 1. The number of aromatic nitrogens is 3. The summed E-state index contributed by atoms with van der Waals surface area (Å²) in [6.07, 6.45) is 4.41. The number of hydrogen-bond acceptors (Lipinski definition) is 2. The molecule has 0 spiro atoms. The van der Waals surface area contributed by atoms with Crippen LogP contribution in [-0.4, -0.2) is 14.6 Å². The summed E-state index contributed by atoms with van der Waals surface area (Å²) in [6.45, 7) is 1.97. The molecule has 0 radical (unpaired) electrons. The maximum Gasteiger partial charge on any atom is 0.157 e. The van der Waals surface area contributed by atoms with Crippen molar-refractivity contribution in [2.75, 3.05) is 0 Å². The van der Waals surface area contributed by atoms with Crippen molar-refractivity contribution in [2.24, 2.45) is 0 Å². The highest BCUT2D eigenvalue weighted by Gasteiger charge is 2.27. The summed E-state index contributed by atoms with van der Waals surface area (Å²) >= 11 is 5.95. The van der Waals surface area contributed by atoms with Crippen LogP contribution in [0.5, 0.6) is 0 Å². The summed E-state index contributed by atoms with van der Waals surface area (Å²) in [4.78, 5) is 4.46. The average Bonchev–Trinajstić information content (AvgIpc) is 2.87. The van der Waals surface area contributed by atoms with E-state index >= 15 is 0 Å². The largest absolute Gasteiger partial charge is 0.232 e. The zero-order valence-electron chi connectivity index (χ0n) is 7.87. The van der Waals surface area contributed by atoms with Crippen molar-refractivity contribution in [3.05, 3.63) is 28.7 Å². The van der Waals surface area contributed by atoms with Crippen LogP contribution in [0.3, 0.4) is 0 Å². The molecule has 2 aromatic rings. The molecule has 1 fully saturated rings. The van der Waals surface area contributed by atoms with Crippen LogP contribution < -0.4 is 0 Å². The van der Waals surface area contributed by atoms with Crippen molar-refractivity contribution in [1.29, 1.82) is 0 Å². The first kappa shape index (κ1) is 8.24. The Hall–Kier alpha value is -1.09. The number of halogens is 1. The first-order valence-electron chi connectivity index (χ1n) is 4.76. The van der Waals surface area contributed by atoms with Crippen molar-refractivity contribution in [3.63, 3.8) is 0 Å². The molecule has 1 saturated carbocycles. The first-order valence-corrected chi connectivity index (χ1v) is 5.14. The Morgan fingerprint density at radius 2 is 2.29 bits per heavy atom. The Labute approximate surface area is 86.7 Å². The fraction of sp³-hybridized carbons (Fsp3) is 0.400. The molecule has 3 nitrogen and oxygen atoms in total. The van der Waals surface area contributed by atoms with Crippen LogP contribution in [0.4, 0.5) is 0 Å². The summed E-state index contributed by atoms with van der Waals surface area (Å²) in [7, 11) is 0. The lowest BCUT2D eigenvalue weighted by Gasteiger charge is -2.00. The zero-order chi connectivity index (χ0) is 9.71. The summed E-state index contributed by atoms with van der Waals surface area (Å²) in [5.41, 5.74) is 3.20. The van der Waals surface area contributed by atoms with Gasteiger partial charge >= 0.3 is 0 Å². The fourth-order valence-corrected chi connectivity index (χ4v) is 1.98. The van der Waals surface area contributed by atoms with Gasteiger partial charge < -0.3 is 0 Å². The normalized spacial score (nSPS) is 16.4. The molecular weight excluding hydrogens is 198 g/mol. The lowest BCUT2D eigenvalue weighted by atomic mass is 10.2. The van der Waals surface area contributed by atoms with E-state index in [1.54, 1.807) is 4.52 Å². The topological polar surface area (TPSA) is 30.2 Å². The highest BCUT2D eigenvalue weighted by molar-refractivity contribution is 6.29. The summed E-state index contributed by atoms with van der Waals surface area (Å²) in [5.74, 6) is 0.653. The Bertz CT molecular complexity index is 499. The lowest BCUT2D eigenvalue weighted by Crippen LogP contribution is -1.95. The van der Waals surface area contributed by atoms with Crippen LogP contribution in [0.1, 0.15) is 30.0 Å². The van der Waals surface area contributed by atoms with E-state index in [2.05, 4.69) is 10.1 Å². The molecule has 0 aromatic carbocycles. The second-order valence-corrected chi connectivity index (χ2v) is 4.23. The SMILES string of the molecule is Cc1cn2nc(Cl)cc(C3CC3)c2n1. The summed E-state index contributed by atoms with van der Waals surface area (Å²) < 4.78 is 1.78. The van der Waals surface area contributed by atoms with E-state index in [9.17, 15) is 0 Å². The summed E-state index contributed by atoms with van der Waals surface area (Å²) in [5, 5.41) is 4.74. The van der Waals surface area contributed by atoms with Crippen LogP contribution in [0, 0.1) is 6.92 Å². The van der Waals surface area contributed by atoms with Crippen molar-refractivity contribution < 1.29 is 0 Å². The molecule has 4 heteroatoms. The third-order valence-electron chi connectivity index (χ3n) is 2.56. The monoisotopic (exact) mass is 207 g/mol. The highest BCUT2D eigenvalue weighted by atomic mass is 35.5. The molecular formula is C10H10ClN3. The second kappa shape index (κ2) is 2.70. The van der Waals surface area contributed by atoms with Gasteiger partial charge in [-0.1, -0.05) is 11.6 Å². The quantitative estimate of drug-likeness (QED) is 0.720. The van der Waals surface area contributed by atoms with Gasteiger partial charge in [0.2, 0.25) is 0 Å². The Kier molecular flexibility index (Phi) is 1.59. The predicted octanol–water partition coefficient (Wildman–Crippen LogP) is 2.57. The van der Waals surface area contributed by atoms with Gasteiger partial charge in [-0.3, -0.25) is 0 Å². The van der Waals surface area contributed by atoms with E-state index in [0.29, 0.717) is 11.1 Å². The van der Waals surface area contributed by atoms with Crippen molar-refractivity contribution >= 4 is 17.2 Å². The fourth-order valence-electron chi connectivity index (χ4n) is 1.78. The zero-order valence-corrected chi connectivity index (χ0v) is 8.62.